The van der Waals surface area contributed by atoms with Crippen LogP contribution in [-0.2, 0) is 21.2 Å². The molecule has 1 rings (SSSR count). The van der Waals surface area contributed by atoms with Crippen LogP contribution in [0.15, 0.2) is 16.3 Å². The second kappa shape index (κ2) is 6.69. The Kier molecular flexibility index (Phi) is 5.73. The lowest BCUT2D eigenvalue weighted by molar-refractivity contribution is -0.149. The van der Waals surface area contributed by atoms with Gasteiger partial charge in [-0.3, -0.25) is 4.79 Å². The van der Waals surface area contributed by atoms with Crippen molar-refractivity contribution in [2.45, 2.75) is 44.2 Å². The van der Waals surface area contributed by atoms with Crippen molar-refractivity contribution in [3.05, 3.63) is 17.0 Å². The lowest BCUT2D eigenvalue weighted by Gasteiger charge is -2.26. The highest BCUT2D eigenvalue weighted by Gasteiger charge is 2.36. The van der Waals surface area contributed by atoms with Crippen molar-refractivity contribution < 1.29 is 18.3 Å². The minimum Gasteiger partial charge on any atom is -0.481 e. The summed E-state index contributed by atoms with van der Waals surface area (Å²) in [7, 11) is -3.63. The Labute approximate surface area is 124 Å². The zero-order valence-corrected chi connectivity index (χ0v) is 13.6. The van der Waals surface area contributed by atoms with E-state index in [0.717, 1.165) is 11.3 Å². The fraction of sp³-hybridized carbons (Fsp3) is 0.615. The molecule has 0 saturated carbocycles. The van der Waals surface area contributed by atoms with Gasteiger partial charge in [-0.25, -0.2) is 13.1 Å². The molecule has 0 aliphatic carbocycles. The van der Waals surface area contributed by atoms with Gasteiger partial charge in [-0.05, 0) is 31.4 Å². The lowest BCUT2D eigenvalue weighted by atomic mass is 9.83. The number of thiophene rings is 1. The first-order valence-electron chi connectivity index (χ1n) is 6.63. The van der Waals surface area contributed by atoms with Crippen LogP contribution >= 0.6 is 11.3 Å². The van der Waals surface area contributed by atoms with Crippen molar-refractivity contribution in [2.24, 2.45) is 5.41 Å². The Morgan fingerprint density at radius 3 is 2.30 bits per heavy atom. The predicted octanol–water partition coefficient (Wildman–Crippen LogP) is 2.48. The van der Waals surface area contributed by atoms with Gasteiger partial charge in [0, 0.05) is 11.4 Å². The fourth-order valence-corrected chi connectivity index (χ4v) is 4.34. The molecule has 7 heteroatoms. The summed E-state index contributed by atoms with van der Waals surface area (Å²) in [4.78, 5) is 12.3. The molecule has 114 valence electrons. The van der Waals surface area contributed by atoms with Crippen LogP contribution in [0.2, 0.25) is 0 Å². The molecule has 0 bridgehead atoms. The van der Waals surface area contributed by atoms with E-state index in [9.17, 15) is 18.3 Å². The number of hydrogen-bond donors (Lipinski definition) is 2. The summed E-state index contributed by atoms with van der Waals surface area (Å²) in [5.74, 6) is -0.967. The zero-order chi connectivity index (χ0) is 15.4. The molecule has 0 spiro atoms. The number of carboxylic acid groups (broad SMARTS) is 1. The maximum Gasteiger partial charge on any atom is 0.310 e. The number of nitrogens with one attached hydrogen (secondary N) is 1. The van der Waals surface area contributed by atoms with E-state index in [-0.39, 0.29) is 10.8 Å². The quantitative estimate of drug-likeness (QED) is 0.771. The van der Waals surface area contributed by atoms with Crippen molar-refractivity contribution in [3.8, 4) is 0 Å². The minimum atomic E-state index is -3.63. The summed E-state index contributed by atoms with van der Waals surface area (Å²) < 4.78 is 27.0. The van der Waals surface area contributed by atoms with E-state index in [4.69, 9.17) is 0 Å². The van der Waals surface area contributed by atoms with Crippen molar-refractivity contribution >= 4 is 27.3 Å². The fourth-order valence-electron chi connectivity index (χ4n) is 1.88. The largest absolute Gasteiger partial charge is 0.481 e. The molecule has 0 saturated heterocycles. The van der Waals surface area contributed by atoms with Gasteiger partial charge in [0.1, 0.15) is 4.21 Å². The van der Waals surface area contributed by atoms with Crippen LogP contribution in [0.1, 0.15) is 38.5 Å². The molecular formula is C13H21NO4S2. The SMILES string of the molecule is CCc1ccc(S(=O)(=O)NCC(CC)(CC)C(=O)O)s1. The molecule has 5 nitrogen and oxygen atoms in total. The van der Waals surface area contributed by atoms with Gasteiger partial charge in [0.15, 0.2) is 0 Å². The Morgan fingerprint density at radius 2 is 1.90 bits per heavy atom. The third-order valence-electron chi connectivity index (χ3n) is 3.66. The molecule has 0 amide bonds. The van der Waals surface area contributed by atoms with Crippen LogP contribution in [0, 0.1) is 5.41 Å². The highest BCUT2D eigenvalue weighted by molar-refractivity contribution is 7.91. The molecule has 1 heterocycles. The molecule has 0 radical (unpaired) electrons. The summed E-state index contributed by atoms with van der Waals surface area (Å²) >= 11 is 1.22. The number of carbonyl (C=O) groups is 1. The second-order valence-electron chi connectivity index (χ2n) is 4.69. The van der Waals surface area contributed by atoms with E-state index in [1.165, 1.54) is 11.3 Å². The highest BCUT2D eigenvalue weighted by atomic mass is 32.2. The predicted molar refractivity (Wildman–Crippen MR) is 79.5 cm³/mol. The Hall–Kier alpha value is -0.920. The first-order valence-corrected chi connectivity index (χ1v) is 8.93. The third kappa shape index (κ3) is 3.59. The summed E-state index contributed by atoms with van der Waals surface area (Å²) in [6.07, 6.45) is 1.54. The molecule has 0 aliphatic rings. The molecule has 0 atom stereocenters. The minimum absolute atomic E-state index is 0.0863. The third-order valence-corrected chi connectivity index (χ3v) is 6.78. The van der Waals surface area contributed by atoms with E-state index in [0.29, 0.717) is 12.8 Å². The van der Waals surface area contributed by atoms with Crippen LogP contribution < -0.4 is 4.72 Å². The average molecular weight is 319 g/mol. The van der Waals surface area contributed by atoms with Crippen LogP contribution in [0.3, 0.4) is 0 Å². The normalized spacial score (nSPS) is 12.6. The van der Waals surface area contributed by atoms with Crippen molar-refractivity contribution in [1.82, 2.24) is 4.72 Å². The number of sulfonamides is 1. The zero-order valence-electron chi connectivity index (χ0n) is 12.0. The lowest BCUT2D eigenvalue weighted by Crippen LogP contribution is -2.42. The maximum atomic E-state index is 12.2. The first-order chi connectivity index (χ1) is 9.31. The molecule has 2 N–H and O–H groups in total. The molecular weight excluding hydrogens is 298 g/mol. The number of aliphatic carboxylic acids is 1. The van der Waals surface area contributed by atoms with E-state index in [1.54, 1.807) is 26.0 Å². The summed E-state index contributed by atoms with van der Waals surface area (Å²) in [5, 5.41) is 9.30. The van der Waals surface area contributed by atoms with E-state index >= 15 is 0 Å². The smallest absolute Gasteiger partial charge is 0.310 e. The monoisotopic (exact) mass is 319 g/mol. The number of carboxylic acids is 1. The van der Waals surface area contributed by atoms with Gasteiger partial charge in [-0.1, -0.05) is 20.8 Å². The number of aryl methyl sites for hydroxylation is 1. The van der Waals surface area contributed by atoms with Crippen LogP contribution in [0.5, 0.6) is 0 Å². The molecule has 0 fully saturated rings. The van der Waals surface area contributed by atoms with E-state index < -0.39 is 21.4 Å². The van der Waals surface area contributed by atoms with Gasteiger partial charge in [0.2, 0.25) is 10.0 Å². The Balaban J connectivity index is 2.89. The molecule has 0 aliphatic heterocycles. The standard InChI is InChI=1S/C13H21NO4S2/c1-4-10-7-8-11(19-10)20(17,18)14-9-13(5-2,6-3)12(15)16/h7-8,14H,4-6,9H2,1-3H3,(H,15,16). The van der Waals surface area contributed by atoms with Crippen LogP contribution in [0.4, 0.5) is 0 Å². The topological polar surface area (TPSA) is 83.5 Å². The van der Waals surface area contributed by atoms with E-state index in [2.05, 4.69) is 4.72 Å². The van der Waals surface area contributed by atoms with E-state index in [1.807, 2.05) is 6.92 Å². The van der Waals surface area contributed by atoms with Crippen LogP contribution in [0.25, 0.3) is 0 Å². The van der Waals surface area contributed by atoms with Gasteiger partial charge in [-0.2, -0.15) is 0 Å². The highest BCUT2D eigenvalue weighted by Crippen LogP contribution is 2.27. The number of hydrogen-bond acceptors (Lipinski definition) is 4. The van der Waals surface area contributed by atoms with Gasteiger partial charge in [0.05, 0.1) is 5.41 Å². The summed E-state index contributed by atoms with van der Waals surface area (Å²) in [6.45, 7) is 5.38. The molecule has 1 aromatic heterocycles. The van der Waals surface area contributed by atoms with Gasteiger partial charge in [-0.15, -0.1) is 11.3 Å². The second-order valence-corrected chi connectivity index (χ2v) is 7.85. The first kappa shape index (κ1) is 17.1. The average Bonchev–Trinajstić information content (AvgIpc) is 2.89. The summed E-state index contributed by atoms with van der Waals surface area (Å²) in [5.41, 5.74) is -1.04. The van der Waals surface area contributed by atoms with Gasteiger partial charge in [0.25, 0.3) is 0 Å². The van der Waals surface area contributed by atoms with Gasteiger partial charge < -0.3 is 5.11 Å². The molecule has 1 aromatic rings. The molecule has 0 unspecified atom stereocenters. The van der Waals surface area contributed by atoms with Gasteiger partial charge >= 0.3 is 5.97 Å². The molecule has 0 aromatic carbocycles. The van der Waals surface area contributed by atoms with Crippen molar-refractivity contribution in [3.63, 3.8) is 0 Å². The Morgan fingerprint density at radius 1 is 1.30 bits per heavy atom. The summed E-state index contributed by atoms with van der Waals surface area (Å²) in [6, 6.07) is 3.34. The van der Waals surface area contributed by atoms with Crippen molar-refractivity contribution in [1.29, 1.82) is 0 Å². The van der Waals surface area contributed by atoms with Crippen LogP contribution in [-0.4, -0.2) is 26.0 Å². The Bertz CT molecular complexity index is 559. The number of rotatable bonds is 8. The van der Waals surface area contributed by atoms with Crippen molar-refractivity contribution in [2.75, 3.05) is 6.54 Å². The maximum absolute atomic E-state index is 12.2. The molecule has 20 heavy (non-hydrogen) atoms.